The van der Waals surface area contributed by atoms with Crippen LogP contribution < -0.4 is 0 Å². The number of carbonyl (C=O) groups excluding carboxylic acids is 1. The molecule has 2 fully saturated rings. The van der Waals surface area contributed by atoms with Crippen LogP contribution in [0.15, 0.2) is 11.8 Å². The van der Waals surface area contributed by atoms with Crippen LogP contribution in [0.25, 0.3) is 0 Å². The molecule has 2 aliphatic rings. The molecule has 17 heavy (non-hydrogen) atoms. The fourth-order valence-corrected chi connectivity index (χ4v) is 2.45. The van der Waals surface area contributed by atoms with E-state index in [1.807, 2.05) is 0 Å². The first-order valence-corrected chi connectivity index (χ1v) is 6.79. The molecule has 2 heterocycles. The summed E-state index contributed by atoms with van der Waals surface area (Å²) >= 11 is 0. The molecule has 0 saturated carbocycles. The number of carboxylic acids is 1. The Bertz CT molecular complexity index is 419. The summed E-state index contributed by atoms with van der Waals surface area (Å²) in [6.45, 7) is 1.79. The fraction of sp³-hybridized carbons (Fsp3) is 0.600. The van der Waals surface area contributed by atoms with Crippen LogP contribution >= 0.6 is 0 Å². The van der Waals surface area contributed by atoms with Gasteiger partial charge in [0.15, 0.2) is 12.3 Å². The molecule has 0 radical (unpaired) electrons. The number of ether oxygens (including phenoxy) is 1. The molecule has 3 unspecified atom stereocenters. The van der Waals surface area contributed by atoms with Crippen molar-refractivity contribution in [2.45, 2.75) is 25.6 Å². The van der Waals surface area contributed by atoms with Gasteiger partial charge in [0.05, 0.1) is 6.42 Å². The molecule has 2 saturated heterocycles. The van der Waals surface area contributed by atoms with Gasteiger partial charge in [-0.15, -0.1) is 0 Å². The molecular formula is C10H13NO5S. The van der Waals surface area contributed by atoms with E-state index in [-0.39, 0.29) is 23.8 Å². The second-order valence-corrected chi connectivity index (χ2v) is 5.61. The van der Waals surface area contributed by atoms with Gasteiger partial charge >= 0.3 is 5.97 Å². The van der Waals surface area contributed by atoms with Gasteiger partial charge in [0.25, 0.3) is 0 Å². The van der Waals surface area contributed by atoms with Gasteiger partial charge in [-0.25, -0.2) is 4.79 Å². The minimum Gasteiger partial charge on any atom is -0.479 e. The minimum atomic E-state index is -1.12. The second-order valence-electron chi connectivity index (χ2n) is 3.82. The van der Waals surface area contributed by atoms with Crippen molar-refractivity contribution >= 4 is 22.7 Å². The lowest BCUT2D eigenvalue weighted by Gasteiger charge is -2.33. The summed E-state index contributed by atoms with van der Waals surface area (Å²) in [7, 11) is -1.01. The average molecular weight is 259 g/mol. The topological polar surface area (TPSA) is 83.9 Å². The van der Waals surface area contributed by atoms with Crippen molar-refractivity contribution in [1.82, 2.24) is 4.90 Å². The largest absolute Gasteiger partial charge is 0.479 e. The van der Waals surface area contributed by atoms with E-state index in [0.29, 0.717) is 5.75 Å². The molecule has 0 aliphatic carbocycles. The number of hydrogen-bond acceptors (Lipinski definition) is 4. The van der Waals surface area contributed by atoms with E-state index < -0.39 is 29.0 Å². The van der Waals surface area contributed by atoms with Gasteiger partial charge < -0.3 is 9.84 Å². The quantitative estimate of drug-likeness (QED) is 0.700. The van der Waals surface area contributed by atoms with Crippen LogP contribution in [-0.4, -0.2) is 49.9 Å². The summed E-state index contributed by atoms with van der Waals surface area (Å²) in [5, 5.41) is 9.06. The van der Waals surface area contributed by atoms with Crippen LogP contribution in [-0.2, 0) is 25.1 Å². The number of carboxylic acid groups (broad SMARTS) is 1. The highest BCUT2D eigenvalue weighted by Crippen LogP contribution is 2.36. The van der Waals surface area contributed by atoms with Gasteiger partial charge in [0, 0.05) is 22.3 Å². The van der Waals surface area contributed by atoms with Crippen LogP contribution in [0.4, 0.5) is 0 Å². The maximum atomic E-state index is 11.3. The van der Waals surface area contributed by atoms with E-state index in [4.69, 9.17) is 9.84 Å². The van der Waals surface area contributed by atoms with Crippen molar-refractivity contribution in [3.63, 3.8) is 0 Å². The third-order valence-corrected chi connectivity index (χ3v) is 3.98. The Morgan fingerprint density at radius 3 is 2.94 bits per heavy atom. The summed E-state index contributed by atoms with van der Waals surface area (Å²) in [6, 6.07) is -1.05. The van der Waals surface area contributed by atoms with E-state index in [1.165, 1.54) is 11.0 Å². The smallest absolute Gasteiger partial charge is 0.334 e. The molecule has 0 aromatic rings. The highest BCUT2D eigenvalue weighted by Gasteiger charge is 2.53. The van der Waals surface area contributed by atoms with Gasteiger partial charge in [-0.05, 0) is 6.08 Å². The lowest BCUT2D eigenvalue weighted by Crippen LogP contribution is -2.54. The van der Waals surface area contributed by atoms with Gasteiger partial charge in [-0.2, -0.15) is 0 Å². The standard InChI is InChI=1S/C10H13NO5S/c1-2-17(15)4-3-6-9(10(13)14)11-7(12)5-8(11)16-6/h3,8-9H,2,4-5H2,1H3,(H,13,14). The predicted molar refractivity (Wildman–Crippen MR) is 59.4 cm³/mol. The molecule has 3 atom stereocenters. The van der Waals surface area contributed by atoms with Gasteiger partial charge in [-0.1, -0.05) is 6.92 Å². The number of β-lactam (4-membered cyclic amide) rings is 1. The van der Waals surface area contributed by atoms with E-state index >= 15 is 0 Å². The number of fused-ring (bicyclic) bond motifs is 1. The maximum Gasteiger partial charge on any atom is 0.334 e. The molecule has 1 amide bonds. The number of carbonyl (C=O) groups is 2. The zero-order valence-corrected chi connectivity index (χ0v) is 10.1. The van der Waals surface area contributed by atoms with Gasteiger partial charge in [0.2, 0.25) is 5.91 Å². The Hall–Kier alpha value is -1.37. The number of rotatable bonds is 4. The molecule has 94 valence electrons. The Morgan fingerprint density at radius 1 is 1.71 bits per heavy atom. The van der Waals surface area contributed by atoms with E-state index in [0.717, 1.165) is 0 Å². The Balaban J connectivity index is 2.14. The lowest BCUT2D eigenvalue weighted by molar-refractivity contribution is -0.163. The Kier molecular flexibility index (Phi) is 3.19. The summed E-state index contributed by atoms with van der Waals surface area (Å²) < 4.78 is 16.6. The SMILES string of the molecule is CCS(=O)CC=C1OC2CC(=O)N2C1C(=O)O. The van der Waals surface area contributed by atoms with Crippen LogP contribution in [0, 0.1) is 0 Å². The second kappa shape index (κ2) is 4.48. The molecule has 0 aromatic heterocycles. The molecule has 0 spiro atoms. The molecule has 2 aliphatic heterocycles. The molecule has 2 rings (SSSR count). The maximum absolute atomic E-state index is 11.3. The van der Waals surface area contributed by atoms with Crippen molar-refractivity contribution in [2.24, 2.45) is 0 Å². The van der Waals surface area contributed by atoms with Crippen molar-refractivity contribution in [3.8, 4) is 0 Å². The molecule has 0 bridgehead atoms. The minimum absolute atomic E-state index is 0.220. The third kappa shape index (κ3) is 2.06. The van der Waals surface area contributed by atoms with Gasteiger partial charge in [0.1, 0.15) is 5.76 Å². The van der Waals surface area contributed by atoms with Gasteiger partial charge in [-0.3, -0.25) is 13.9 Å². The van der Waals surface area contributed by atoms with E-state index in [1.54, 1.807) is 6.92 Å². The van der Waals surface area contributed by atoms with Crippen LogP contribution in [0.5, 0.6) is 0 Å². The Labute approximate surface area is 101 Å². The fourth-order valence-electron chi connectivity index (χ4n) is 1.86. The summed E-state index contributed by atoms with van der Waals surface area (Å²) in [5.41, 5.74) is 0. The van der Waals surface area contributed by atoms with Crippen LogP contribution in [0.2, 0.25) is 0 Å². The highest BCUT2D eigenvalue weighted by molar-refractivity contribution is 7.85. The summed E-state index contributed by atoms with van der Waals surface area (Å²) in [4.78, 5) is 23.5. The summed E-state index contributed by atoms with van der Waals surface area (Å²) in [5.74, 6) is -0.343. The zero-order chi connectivity index (χ0) is 12.6. The molecule has 0 aromatic carbocycles. The highest BCUT2D eigenvalue weighted by atomic mass is 32.2. The summed E-state index contributed by atoms with van der Waals surface area (Å²) in [6.07, 6.45) is 1.28. The number of amides is 1. The van der Waals surface area contributed by atoms with Crippen molar-refractivity contribution in [1.29, 1.82) is 0 Å². The van der Waals surface area contributed by atoms with Crippen molar-refractivity contribution in [2.75, 3.05) is 11.5 Å². The van der Waals surface area contributed by atoms with Crippen LogP contribution in [0.3, 0.4) is 0 Å². The monoisotopic (exact) mass is 259 g/mol. The molecular weight excluding hydrogens is 246 g/mol. The third-order valence-electron chi connectivity index (χ3n) is 2.79. The van der Waals surface area contributed by atoms with Crippen molar-refractivity contribution in [3.05, 3.63) is 11.8 Å². The molecule has 1 N–H and O–H groups in total. The van der Waals surface area contributed by atoms with E-state index in [9.17, 15) is 13.8 Å². The lowest BCUT2D eigenvalue weighted by atomic mass is 10.1. The number of hydrogen-bond donors (Lipinski definition) is 1. The first-order chi connectivity index (χ1) is 8.04. The van der Waals surface area contributed by atoms with Crippen LogP contribution in [0.1, 0.15) is 13.3 Å². The normalized spacial score (nSPS) is 30.8. The first-order valence-electron chi connectivity index (χ1n) is 5.30. The number of nitrogens with zero attached hydrogens (tertiary/aromatic N) is 1. The zero-order valence-electron chi connectivity index (χ0n) is 9.29. The average Bonchev–Trinajstić information content (AvgIpc) is 2.58. The predicted octanol–water partition coefficient (Wildman–Crippen LogP) is -0.319. The van der Waals surface area contributed by atoms with Crippen molar-refractivity contribution < 1.29 is 23.6 Å². The number of aliphatic carboxylic acids is 1. The Morgan fingerprint density at radius 2 is 2.41 bits per heavy atom. The van der Waals surface area contributed by atoms with E-state index in [2.05, 4.69) is 0 Å². The molecule has 6 nitrogen and oxygen atoms in total. The first kappa shape index (κ1) is 12.1. The molecule has 7 heteroatoms.